The van der Waals surface area contributed by atoms with Crippen LogP contribution in [-0.4, -0.2) is 28.5 Å². The maximum absolute atomic E-state index is 12.9. The fourth-order valence-corrected chi connectivity index (χ4v) is 7.01. The van der Waals surface area contributed by atoms with E-state index in [2.05, 4.69) is 60.7 Å². The average Bonchev–Trinajstić information content (AvgIpc) is 2.94. The highest BCUT2D eigenvalue weighted by molar-refractivity contribution is 7.51. The molecule has 3 aliphatic carbocycles. The van der Waals surface area contributed by atoms with E-state index in [1.54, 1.807) is 0 Å². The zero-order chi connectivity index (χ0) is 27.2. The Balaban J connectivity index is 1.05. The van der Waals surface area contributed by atoms with Gasteiger partial charge in [0.15, 0.2) is 0 Å². The minimum atomic E-state index is -3.83. The van der Waals surface area contributed by atoms with Gasteiger partial charge in [0.25, 0.3) is 0 Å². The van der Waals surface area contributed by atoms with Gasteiger partial charge in [-0.05, 0) is 58.4 Å². The number of carbonyl (C=O) groups is 1. The summed E-state index contributed by atoms with van der Waals surface area (Å²) in [6, 6.07) is 23.5. The largest absolute Gasteiger partial charge is 0.462 e. The minimum Gasteiger partial charge on any atom is -0.462 e. The van der Waals surface area contributed by atoms with Crippen LogP contribution in [0.3, 0.4) is 0 Å². The molecule has 0 aliphatic heterocycles. The fourth-order valence-electron chi connectivity index (χ4n) is 6.38. The van der Waals surface area contributed by atoms with Crippen LogP contribution < -0.4 is 0 Å². The van der Waals surface area contributed by atoms with E-state index in [1.807, 2.05) is 6.07 Å². The topological polar surface area (TPSA) is 83.8 Å². The molecular formula is C33H39O5P. The van der Waals surface area contributed by atoms with Gasteiger partial charge in [-0.3, -0.25) is 4.57 Å². The highest BCUT2D eigenvalue weighted by atomic mass is 31.2. The molecule has 3 aliphatic rings. The summed E-state index contributed by atoms with van der Waals surface area (Å²) in [6.07, 6.45) is 10.3. The van der Waals surface area contributed by atoms with E-state index in [0.717, 1.165) is 38.5 Å². The van der Waals surface area contributed by atoms with E-state index in [0.29, 0.717) is 18.6 Å². The maximum Gasteiger partial charge on any atom is 0.338 e. The highest BCUT2D eigenvalue weighted by Crippen LogP contribution is 2.55. The van der Waals surface area contributed by atoms with Crippen LogP contribution in [-0.2, 0) is 9.30 Å². The summed E-state index contributed by atoms with van der Waals surface area (Å²) in [6.45, 7) is 0.452. The van der Waals surface area contributed by atoms with Gasteiger partial charge in [0.1, 0.15) is 0 Å². The molecule has 0 fully saturated rings. The van der Waals surface area contributed by atoms with Gasteiger partial charge in [0.05, 0.1) is 12.2 Å². The van der Waals surface area contributed by atoms with E-state index in [9.17, 15) is 9.36 Å². The molecule has 6 rings (SSSR count). The van der Waals surface area contributed by atoms with Crippen molar-refractivity contribution in [3.63, 3.8) is 0 Å². The predicted octanol–water partition coefficient (Wildman–Crippen LogP) is 7.91. The molecule has 2 bridgehead atoms. The standard InChI is InChI=1S/C33H39O5P/c34-33(38-21-13-7-5-3-1-2-4-6-8-14-22-39(35,36)37)24-19-20-29-30(23-24)32-27-17-11-9-15-25(27)31(29)26-16-10-12-18-28(26)32/h9-12,15-20,23,31-32H,1-8,13-14,21-22H2,(H2,35,36,37). The third kappa shape index (κ3) is 6.54. The normalized spacial score (nSPS) is 16.9. The molecule has 0 aromatic heterocycles. The number of hydrogen-bond acceptors (Lipinski definition) is 3. The van der Waals surface area contributed by atoms with Crippen LogP contribution in [0.15, 0.2) is 66.7 Å². The Bertz CT molecular complexity index is 1300. The van der Waals surface area contributed by atoms with Crippen LogP contribution in [0, 0.1) is 0 Å². The molecule has 39 heavy (non-hydrogen) atoms. The van der Waals surface area contributed by atoms with E-state index in [4.69, 9.17) is 14.5 Å². The summed E-state index contributed by atoms with van der Waals surface area (Å²) in [4.78, 5) is 30.6. The first-order valence-electron chi connectivity index (χ1n) is 14.5. The molecule has 0 unspecified atom stereocenters. The maximum atomic E-state index is 12.9. The van der Waals surface area contributed by atoms with E-state index >= 15 is 0 Å². The molecule has 3 aromatic carbocycles. The molecule has 0 heterocycles. The first kappa shape index (κ1) is 27.8. The van der Waals surface area contributed by atoms with Crippen LogP contribution in [0.25, 0.3) is 0 Å². The predicted molar refractivity (Wildman–Crippen MR) is 155 cm³/mol. The van der Waals surface area contributed by atoms with Crippen molar-refractivity contribution in [2.45, 2.75) is 76.0 Å². The van der Waals surface area contributed by atoms with Gasteiger partial charge in [-0.1, -0.05) is 106 Å². The van der Waals surface area contributed by atoms with Crippen LogP contribution in [0.2, 0.25) is 0 Å². The summed E-state index contributed by atoms with van der Waals surface area (Å²) in [5.41, 5.74) is 8.61. The smallest absolute Gasteiger partial charge is 0.338 e. The Labute approximate surface area is 231 Å². The summed E-state index contributed by atoms with van der Waals surface area (Å²) in [7, 11) is -3.83. The quantitative estimate of drug-likeness (QED) is 0.0840. The summed E-state index contributed by atoms with van der Waals surface area (Å²) in [5, 5.41) is 0. The van der Waals surface area contributed by atoms with Gasteiger partial charge in [0, 0.05) is 18.0 Å². The summed E-state index contributed by atoms with van der Waals surface area (Å²) in [5.74, 6) is 0.139. The number of esters is 1. The lowest BCUT2D eigenvalue weighted by molar-refractivity contribution is 0.0497. The summed E-state index contributed by atoms with van der Waals surface area (Å²) < 4.78 is 16.5. The molecular weight excluding hydrogens is 507 g/mol. The average molecular weight is 547 g/mol. The number of ether oxygens (including phenoxy) is 1. The van der Waals surface area contributed by atoms with E-state index in [-0.39, 0.29) is 24.0 Å². The fraction of sp³-hybridized carbons (Fsp3) is 0.424. The number of hydrogen-bond donors (Lipinski definition) is 2. The second-order valence-corrected chi connectivity index (χ2v) is 12.8. The Morgan fingerprint density at radius 1 is 0.615 bits per heavy atom. The first-order chi connectivity index (χ1) is 18.9. The van der Waals surface area contributed by atoms with Crippen molar-refractivity contribution >= 4 is 13.6 Å². The molecule has 6 heteroatoms. The molecule has 0 amide bonds. The van der Waals surface area contributed by atoms with Crippen molar-refractivity contribution in [3.8, 4) is 0 Å². The monoisotopic (exact) mass is 546 g/mol. The Hall–Kier alpha value is -2.72. The first-order valence-corrected chi connectivity index (χ1v) is 16.3. The molecule has 0 atom stereocenters. The molecule has 3 aromatic rings. The number of unbranched alkanes of at least 4 members (excludes halogenated alkanes) is 9. The van der Waals surface area contributed by atoms with Crippen molar-refractivity contribution in [3.05, 3.63) is 106 Å². The highest BCUT2D eigenvalue weighted by Gasteiger charge is 2.41. The second kappa shape index (κ2) is 12.6. The SMILES string of the molecule is O=C(OCCCCCCCCCCCCP(=O)(O)O)c1ccc2c(c1)C1c3ccccc3C2c2ccccc21. The van der Waals surface area contributed by atoms with Crippen molar-refractivity contribution < 1.29 is 23.9 Å². The van der Waals surface area contributed by atoms with Gasteiger partial charge < -0.3 is 14.5 Å². The molecule has 0 saturated heterocycles. The van der Waals surface area contributed by atoms with Crippen LogP contribution in [0.5, 0.6) is 0 Å². The van der Waals surface area contributed by atoms with Crippen molar-refractivity contribution in [2.75, 3.05) is 12.8 Å². The van der Waals surface area contributed by atoms with Gasteiger partial charge in [-0.15, -0.1) is 0 Å². The van der Waals surface area contributed by atoms with Gasteiger partial charge >= 0.3 is 13.6 Å². The van der Waals surface area contributed by atoms with Crippen LogP contribution >= 0.6 is 7.60 Å². The molecule has 0 saturated carbocycles. The molecule has 206 valence electrons. The van der Waals surface area contributed by atoms with Gasteiger partial charge in [-0.2, -0.15) is 0 Å². The lowest BCUT2D eigenvalue weighted by Crippen LogP contribution is -2.27. The lowest BCUT2D eigenvalue weighted by Gasteiger charge is -2.42. The van der Waals surface area contributed by atoms with Crippen molar-refractivity contribution in [2.24, 2.45) is 0 Å². The Kier molecular flexibility index (Phi) is 9.02. The van der Waals surface area contributed by atoms with Crippen molar-refractivity contribution in [1.82, 2.24) is 0 Å². The van der Waals surface area contributed by atoms with Gasteiger partial charge in [0.2, 0.25) is 0 Å². The lowest BCUT2D eigenvalue weighted by atomic mass is 9.61. The molecule has 2 N–H and O–H groups in total. The van der Waals surface area contributed by atoms with Crippen LogP contribution in [0.1, 0.15) is 120 Å². The zero-order valence-electron chi connectivity index (χ0n) is 22.6. The third-order valence-electron chi connectivity index (χ3n) is 8.26. The number of benzene rings is 3. The summed E-state index contributed by atoms with van der Waals surface area (Å²) >= 11 is 0. The minimum absolute atomic E-state index is 0.00802. The Morgan fingerprint density at radius 2 is 1.05 bits per heavy atom. The van der Waals surface area contributed by atoms with E-state index < -0.39 is 7.60 Å². The zero-order valence-corrected chi connectivity index (χ0v) is 23.5. The molecule has 5 nitrogen and oxygen atoms in total. The van der Waals surface area contributed by atoms with Crippen LogP contribution in [0.4, 0.5) is 0 Å². The van der Waals surface area contributed by atoms with Crippen molar-refractivity contribution in [1.29, 1.82) is 0 Å². The number of carbonyl (C=O) groups excluding carboxylic acids is 1. The second-order valence-electron chi connectivity index (χ2n) is 11.0. The van der Waals surface area contributed by atoms with E-state index in [1.165, 1.54) is 52.6 Å². The van der Waals surface area contributed by atoms with Gasteiger partial charge in [-0.25, -0.2) is 4.79 Å². The third-order valence-corrected chi connectivity index (χ3v) is 9.16. The molecule has 0 spiro atoms. The molecule has 0 radical (unpaired) electrons. The Morgan fingerprint density at radius 3 is 1.56 bits per heavy atom. The number of rotatable bonds is 14.